The van der Waals surface area contributed by atoms with E-state index in [9.17, 15) is 4.79 Å². The Bertz CT molecular complexity index is 702. The van der Waals surface area contributed by atoms with E-state index < -0.39 is 0 Å². The standard InChI is InChI=1S/C14H11NOS3/c1-2-15-13(16)12(19-14(15)17)7-9-8-18-11-6-4-3-5-10(9)11/h3-8H,2H2,1H3. The normalized spacial score (nSPS) is 17.9. The lowest BCUT2D eigenvalue weighted by atomic mass is 10.1. The highest BCUT2D eigenvalue weighted by atomic mass is 32.2. The van der Waals surface area contributed by atoms with Crippen molar-refractivity contribution >= 4 is 61.7 Å². The van der Waals surface area contributed by atoms with Crippen LogP contribution in [0.1, 0.15) is 12.5 Å². The van der Waals surface area contributed by atoms with Gasteiger partial charge in [-0.3, -0.25) is 9.69 Å². The Balaban J connectivity index is 2.03. The first kappa shape index (κ1) is 12.8. The average Bonchev–Trinajstić information content (AvgIpc) is 2.93. The fourth-order valence-electron chi connectivity index (χ4n) is 2.02. The SMILES string of the molecule is CCN1C(=O)C(=Cc2csc3ccccc23)SC1=S. The molecular formula is C14H11NOS3. The van der Waals surface area contributed by atoms with Crippen molar-refractivity contribution in [2.75, 3.05) is 6.54 Å². The van der Waals surface area contributed by atoms with E-state index in [1.165, 1.54) is 21.8 Å². The molecule has 1 fully saturated rings. The number of nitrogens with zero attached hydrogens (tertiary/aromatic N) is 1. The summed E-state index contributed by atoms with van der Waals surface area (Å²) in [5.41, 5.74) is 1.09. The number of fused-ring (bicyclic) bond motifs is 1. The Morgan fingerprint density at radius 3 is 2.89 bits per heavy atom. The molecule has 1 amide bonds. The van der Waals surface area contributed by atoms with E-state index in [0.717, 1.165) is 10.5 Å². The van der Waals surface area contributed by atoms with Crippen molar-refractivity contribution in [2.45, 2.75) is 6.92 Å². The number of hydrogen-bond donors (Lipinski definition) is 0. The minimum absolute atomic E-state index is 0.0211. The molecule has 19 heavy (non-hydrogen) atoms. The summed E-state index contributed by atoms with van der Waals surface area (Å²) in [4.78, 5) is 14.5. The molecule has 2 aromatic rings. The van der Waals surface area contributed by atoms with Crippen molar-refractivity contribution in [2.24, 2.45) is 0 Å². The Morgan fingerprint density at radius 1 is 1.37 bits per heavy atom. The van der Waals surface area contributed by atoms with Crippen LogP contribution in [0.25, 0.3) is 16.2 Å². The molecule has 3 rings (SSSR count). The van der Waals surface area contributed by atoms with Gasteiger partial charge in [-0.15, -0.1) is 11.3 Å². The highest BCUT2D eigenvalue weighted by Gasteiger charge is 2.30. The quantitative estimate of drug-likeness (QED) is 0.615. The summed E-state index contributed by atoms with van der Waals surface area (Å²) in [5, 5.41) is 3.28. The van der Waals surface area contributed by atoms with Gasteiger partial charge in [0.25, 0.3) is 5.91 Å². The number of carbonyl (C=O) groups excluding carboxylic acids is 1. The predicted molar refractivity (Wildman–Crippen MR) is 87.4 cm³/mol. The van der Waals surface area contributed by atoms with E-state index in [0.29, 0.717) is 10.9 Å². The number of carbonyl (C=O) groups is 1. The van der Waals surface area contributed by atoms with Crippen molar-refractivity contribution in [3.63, 3.8) is 0 Å². The van der Waals surface area contributed by atoms with Crippen LogP contribution in [0.5, 0.6) is 0 Å². The molecule has 0 spiro atoms. The fourth-order valence-corrected chi connectivity index (χ4v) is 4.32. The summed E-state index contributed by atoms with van der Waals surface area (Å²) in [6.07, 6.45) is 1.95. The first-order valence-electron chi connectivity index (χ1n) is 5.92. The third-order valence-electron chi connectivity index (χ3n) is 2.99. The number of benzene rings is 1. The van der Waals surface area contributed by atoms with E-state index >= 15 is 0 Å². The lowest BCUT2D eigenvalue weighted by molar-refractivity contribution is -0.121. The molecule has 5 heteroatoms. The van der Waals surface area contributed by atoms with Crippen LogP contribution in [-0.2, 0) is 4.79 Å². The topological polar surface area (TPSA) is 20.3 Å². The third-order valence-corrected chi connectivity index (χ3v) is 5.35. The Morgan fingerprint density at radius 2 is 2.16 bits per heavy atom. The number of amides is 1. The van der Waals surface area contributed by atoms with Gasteiger partial charge in [0.1, 0.15) is 4.32 Å². The molecule has 1 aromatic carbocycles. The maximum atomic E-state index is 12.2. The smallest absolute Gasteiger partial charge is 0.266 e. The Labute approximate surface area is 125 Å². The summed E-state index contributed by atoms with van der Waals surface area (Å²) in [7, 11) is 0. The molecular weight excluding hydrogens is 294 g/mol. The minimum Gasteiger partial charge on any atom is -0.293 e. The van der Waals surface area contributed by atoms with Gasteiger partial charge in [-0.05, 0) is 35.4 Å². The lowest BCUT2D eigenvalue weighted by Crippen LogP contribution is -2.27. The maximum absolute atomic E-state index is 12.2. The molecule has 0 saturated carbocycles. The van der Waals surface area contributed by atoms with E-state index in [2.05, 4.69) is 17.5 Å². The fraction of sp³-hybridized carbons (Fsp3) is 0.143. The van der Waals surface area contributed by atoms with E-state index in [1.807, 2.05) is 25.1 Å². The number of thiophene rings is 1. The van der Waals surface area contributed by atoms with Gasteiger partial charge in [-0.2, -0.15) is 0 Å². The van der Waals surface area contributed by atoms with Gasteiger partial charge in [0, 0.05) is 11.2 Å². The van der Waals surface area contributed by atoms with Crippen LogP contribution in [0.3, 0.4) is 0 Å². The summed E-state index contributed by atoms with van der Waals surface area (Å²) < 4.78 is 1.89. The van der Waals surface area contributed by atoms with Crippen molar-refractivity contribution in [3.05, 3.63) is 40.1 Å². The van der Waals surface area contributed by atoms with E-state index in [4.69, 9.17) is 12.2 Å². The first-order valence-corrected chi connectivity index (χ1v) is 8.02. The van der Waals surface area contributed by atoms with Crippen molar-refractivity contribution in [3.8, 4) is 0 Å². The van der Waals surface area contributed by atoms with Crippen LogP contribution in [0.15, 0.2) is 34.6 Å². The summed E-state index contributed by atoms with van der Waals surface area (Å²) in [5.74, 6) is 0.0211. The predicted octanol–water partition coefficient (Wildman–Crippen LogP) is 4.12. The number of rotatable bonds is 2. The van der Waals surface area contributed by atoms with Gasteiger partial charge >= 0.3 is 0 Å². The molecule has 1 saturated heterocycles. The monoisotopic (exact) mass is 305 g/mol. The van der Waals surface area contributed by atoms with Gasteiger partial charge in [0.05, 0.1) is 4.91 Å². The third kappa shape index (κ3) is 2.22. The van der Waals surface area contributed by atoms with Gasteiger partial charge in [0.15, 0.2) is 0 Å². The lowest BCUT2D eigenvalue weighted by Gasteiger charge is -2.09. The largest absolute Gasteiger partial charge is 0.293 e. The van der Waals surface area contributed by atoms with Gasteiger partial charge in [-0.25, -0.2) is 0 Å². The molecule has 0 atom stereocenters. The number of thiocarbonyl (C=S) groups is 1. The zero-order chi connectivity index (χ0) is 13.4. The number of hydrogen-bond acceptors (Lipinski definition) is 4. The van der Waals surface area contributed by atoms with Crippen LogP contribution in [0.4, 0.5) is 0 Å². The molecule has 0 bridgehead atoms. The number of likely N-dealkylation sites (N-methyl/N-ethyl adjacent to an activating group) is 1. The number of thioether (sulfide) groups is 1. The zero-order valence-corrected chi connectivity index (χ0v) is 12.7. The second-order valence-electron chi connectivity index (χ2n) is 4.11. The van der Waals surface area contributed by atoms with Gasteiger partial charge < -0.3 is 0 Å². The van der Waals surface area contributed by atoms with Gasteiger partial charge in [-0.1, -0.05) is 42.2 Å². The van der Waals surface area contributed by atoms with Crippen molar-refractivity contribution in [1.29, 1.82) is 0 Å². The molecule has 1 aliphatic heterocycles. The first-order chi connectivity index (χ1) is 9.20. The van der Waals surface area contributed by atoms with Crippen molar-refractivity contribution < 1.29 is 4.79 Å². The molecule has 2 nitrogen and oxygen atoms in total. The molecule has 0 aliphatic carbocycles. The molecule has 0 radical (unpaired) electrons. The Kier molecular flexibility index (Phi) is 3.43. The van der Waals surface area contributed by atoms with Crippen LogP contribution in [0, 0.1) is 0 Å². The molecule has 0 unspecified atom stereocenters. The van der Waals surface area contributed by atoms with Gasteiger partial charge in [0.2, 0.25) is 0 Å². The molecule has 2 heterocycles. The molecule has 1 aliphatic rings. The summed E-state index contributed by atoms with van der Waals surface area (Å²) in [6, 6.07) is 8.22. The van der Waals surface area contributed by atoms with Crippen LogP contribution >= 0.6 is 35.3 Å². The van der Waals surface area contributed by atoms with Crippen LogP contribution in [0.2, 0.25) is 0 Å². The van der Waals surface area contributed by atoms with Crippen LogP contribution < -0.4 is 0 Å². The van der Waals surface area contributed by atoms with Crippen molar-refractivity contribution in [1.82, 2.24) is 4.90 Å². The zero-order valence-electron chi connectivity index (χ0n) is 10.3. The van der Waals surface area contributed by atoms with Crippen LogP contribution in [-0.4, -0.2) is 21.7 Å². The second kappa shape index (κ2) is 5.07. The average molecular weight is 305 g/mol. The summed E-state index contributed by atoms with van der Waals surface area (Å²) >= 11 is 8.30. The van der Waals surface area contributed by atoms with E-state index in [1.54, 1.807) is 16.2 Å². The Hall–Kier alpha value is -1.17. The molecule has 0 N–H and O–H groups in total. The minimum atomic E-state index is 0.0211. The maximum Gasteiger partial charge on any atom is 0.266 e. The molecule has 1 aromatic heterocycles. The highest BCUT2D eigenvalue weighted by Crippen LogP contribution is 2.35. The second-order valence-corrected chi connectivity index (χ2v) is 6.70. The summed E-state index contributed by atoms with van der Waals surface area (Å²) in [6.45, 7) is 2.57. The van der Waals surface area contributed by atoms with E-state index in [-0.39, 0.29) is 5.91 Å². The highest BCUT2D eigenvalue weighted by molar-refractivity contribution is 8.26. The molecule has 96 valence electrons.